The highest BCUT2D eigenvalue weighted by Crippen LogP contribution is 2.20. The van der Waals surface area contributed by atoms with Crippen molar-refractivity contribution in [2.75, 3.05) is 5.32 Å². The van der Waals surface area contributed by atoms with Gasteiger partial charge in [0.1, 0.15) is 12.4 Å². The molecule has 0 bridgehead atoms. The highest BCUT2D eigenvalue weighted by molar-refractivity contribution is 6.30. The first-order valence-electron chi connectivity index (χ1n) is 10.9. The van der Waals surface area contributed by atoms with Crippen molar-refractivity contribution >= 4 is 34.1 Å². The molecule has 5 rings (SSSR count). The Labute approximate surface area is 202 Å². The highest BCUT2D eigenvalue weighted by Gasteiger charge is 2.09. The van der Waals surface area contributed by atoms with Crippen LogP contribution >= 0.6 is 11.6 Å². The fourth-order valence-electron chi connectivity index (χ4n) is 3.79. The number of carbonyl (C=O) groups excluding carboxylic acids is 1. The number of hydrogen-bond acceptors (Lipinski definition) is 3. The van der Waals surface area contributed by atoms with Crippen LogP contribution in [-0.4, -0.2) is 15.7 Å². The summed E-state index contributed by atoms with van der Waals surface area (Å²) in [7, 11) is 0. The van der Waals surface area contributed by atoms with Gasteiger partial charge in [-0.15, -0.1) is 0 Å². The van der Waals surface area contributed by atoms with Gasteiger partial charge in [-0.1, -0.05) is 72.3 Å². The van der Waals surface area contributed by atoms with Crippen LogP contribution in [0.2, 0.25) is 5.02 Å². The van der Waals surface area contributed by atoms with Crippen LogP contribution in [0.1, 0.15) is 21.5 Å². The zero-order valence-corrected chi connectivity index (χ0v) is 19.1. The van der Waals surface area contributed by atoms with Crippen LogP contribution < -0.4 is 10.1 Å². The van der Waals surface area contributed by atoms with Crippen molar-refractivity contribution in [1.82, 2.24) is 9.78 Å². The number of hydrogen-bond donors (Lipinski definition) is 1. The first-order chi connectivity index (χ1) is 16.6. The molecule has 5 aromatic rings. The van der Waals surface area contributed by atoms with Crippen LogP contribution in [0.15, 0.2) is 103 Å². The van der Waals surface area contributed by atoms with Gasteiger partial charge in [-0.3, -0.25) is 9.48 Å². The molecule has 1 amide bonds. The summed E-state index contributed by atoms with van der Waals surface area (Å²) in [6, 6.07) is 30.9. The predicted molar refractivity (Wildman–Crippen MR) is 135 cm³/mol. The fourth-order valence-corrected chi connectivity index (χ4v) is 3.97. The third-order valence-corrected chi connectivity index (χ3v) is 5.75. The molecule has 0 radical (unpaired) electrons. The minimum atomic E-state index is -0.210. The van der Waals surface area contributed by atoms with Crippen molar-refractivity contribution in [2.45, 2.75) is 13.2 Å². The number of anilines is 1. The Morgan fingerprint density at radius 3 is 2.56 bits per heavy atom. The zero-order chi connectivity index (χ0) is 23.3. The average molecular weight is 468 g/mol. The number of aromatic nitrogens is 2. The van der Waals surface area contributed by atoms with Crippen molar-refractivity contribution in [1.29, 1.82) is 0 Å². The molecule has 0 saturated heterocycles. The summed E-state index contributed by atoms with van der Waals surface area (Å²) >= 11 is 5.98. The standard InChI is InChI=1S/C28H22ClN3O2/c29-24-8-4-9-25(17-24)34-19-20-11-13-22(14-12-20)28(33)30-27-15-16-32(31-27)18-23-7-3-6-21-5-1-2-10-26(21)23/h1-17H,18-19H2,(H,30,31,33). The first-order valence-corrected chi connectivity index (χ1v) is 11.3. The maximum Gasteiger partial charge on any atom is 0.256 e. The van der Waals surface area contributed by atoms with Gasteiger partial charge in [0, 0.05) is 22.8 Å². The molecule has 0 saturated carbocycles. The van der Waals surface area contributed by atoms with Crippen LogP contribution in [-0.2, 0) is 13.2 Å². The molecule has 34 heavy (non-hydrogen) atoms. The highest BCUT2D eigenvalue weighted by atomic mass is 35.5. The number of benzene rings is 4. The maximum atomic E-state index is 12.7. The monoisotopic (exact) mass is 467 g/mol. The van der Waals surface area contributed by atoms with Gasteiger partial charge in [0.05, 0.1) is 6.54 Å². The summed E-state index contributed by atoms with van der Waals surface area (Å²) in [6.45, 7) is 1.01. The predicted octanol–water partition coefficient (Wildman–Crippen LogP) is 6.57. The molecule has 1 N–H and O–H groups in total. The van der Waals surface area contributed by atoms with Gasteiger partial charge in [-0.05, 0) is 52.2 Å². The average Bonchev–Trinajstić information content (AvgIpc) is 3.30. The molecule has 0 spiro atoms. The lowest BCUT2D eigenvalue weighted by atomic mass is 10.0. The minimum absolute atomic E-state index is 0.210. The lowest BCUT2D eigenvalue weighted by molar-refractivity contribution is 0.102. The van der Waals surface area contributed by atoms with Crippen molar-refractivity contribution < 1.29 is 9.53 Å². The van der Waals surface area contributed by atoms with Gasteiger partial charge >= 0.3 is 0 Å². The minimum Gasteiger partial charge on any atom is -0.489 e. The second-order valence-corrected chi connectivity index (χ2v) is 8.37. The van der Waals surface area contributed by atoms with E-state index in [1.54, 1.807) is 30.3 Å². The number of ether oxygens (including phenoxy) is 1. The molecule has 5 nitrogen and oxygen atoms in total. The van der Waals surface area contributed by atoms with E-state index in [-0.39, 0.29) is 5.91 Å². The summed E-state index contributed by atoms with van der Waals surface area (Å²) in [5.74, 6) is 1.00. The van der Waals surface area contributed by atoms with E-state index in [1.807, 2.05) is 53.3 Å². The van der Waals surface area contributed by atoms with E-state index in [0.29, 0.717) is 35.3 Å². The van der Waals surface area contributed by atoms with Gasteiger partial charge < -0.3 is 10.1 Å². The number of fused-ring (bicyclic) bond motifs is 1. The Hall–Kier alpha value is -4.09. The van der Waals surface area contributed by atoms with Crippen LogP contribution in [0.3, 0.4) is 0 Å². The molecule has 0 aliphatic heterocycles. The molecule has 0 unspecified atom stereocenters. The van der Waals surface area contributed by atoms with Crippen molar-refractivity contribution in [3.63, 3.8) is 0 Å². The van der Waals surface area contributed by atoms with Crippen LogP contribution in [0.25, 0.3) is 10.8 Å². The van der Waals surface area contributed by atoms with E-state index in [1.165, 1.54) is 16.3 Å². The molecular formula is C28H22ClN3O2. The number of carbonyl (C=O) groups is 1. The van der Waals surface area contributed by atoms with Crippen LogP contribution in [0.4, 0.5) is 5.82 Å². The fraction of sp³-hybridized carbons (Fsp3) is 0.0714. The third kappa shape index (κ3) is 5.11. The third-order valence-electron chi connectivity index (χ3n) is 5.51. The molecule has 168 valence electrons. The molecule has 1 heterocycles. The van der Waals surface area contributed by atoms with E-state index in [4.69, 9.17) is 16.3 Å². The molecule has 1 aromatic heterocycles. The van der Waals surface area contributed by atoms with Gasteiger partial charge in [0.2, 0.25) is 0 Å². The van der Waals surface area contributed by atoms with Crippen molar-refractivity contribution in [3.05, 3.63) is 125 Å². The van der Waals surface area contributed by atoms with E-state index in [9.17, 15) is 4.79 Å². The summed E-state index contributed by atoms with van der Waals surface area (Å²) in [5, 5.41) is 10.4. The lowest BCUT2D eigenvalue weighted by Gasteiger charge is -2.08. The second kappa shape index (κ2) is 9.81. The quantitative estimate of drug-likeness (QED) is 0.294. The normalized spacial score (nSPS) is 10.9. The van der Waals surface area contributed by atoms with Crippen molar-refractivity contribution in [3.8, 4) is 5.75 Å². The lowest BCUT2D eigenvalue weighted by Crippen LogP contribution is -2.13. The van der Waals surface area contributed by atoms with E-state index in [2.05, 4.69) is 34.7 Å². The number of halogens is 1. The molecule has 0 fully saturated rings. The van der Waals surface area contributed by atoms with Crippen LogP contribution in [0, 0.1) is 0 Å². The molecule has 6 heteroatoms. The van der Waals surface area contributed by atoms with Gasteiger partial charge in [0.25, 0.3) is 5.91 Å². The summed E-state index contributed by atoms with van der Waals surface area (Å²) in [4.78, 5) is 12.7. The molecule has 0 aliphatic carbocycles. The Kier molecular flexibility index (Phi) is 6.27. The van der Waals surface area contributed by atoms with Gasteiger partial charge in [-0.2, -0.15) is 5.10 Å². The Morgan fingerprint density at radius 1 is 0.912 bits per heavy atom. The number of nitrogens with one attached hydrogen (secondary N) is 1. The maximum absolute atomic E-state index is 12.7. The zero-order valence-electron chi connectivity index (χ0n) is 18.3. The molecular weight excluding hydrogens is 446 g/mol. The largest absolute Gasteiger partial charge is 0.489 e. The van der Waals surface area contributed by atoms with Gasteiger partial charge in [-0.25, -0.2) is 0 Å². The number of amides is 1. The molecule has 0 aliphatic rings. The smallest absolute Gasteiger partial charge is 0.256 e. The van der Waals surface area contributed by atoms with Crippen LogP contribution in [0.5, 0.6) is 5.75 Å². The summed E-state index contributed by atoms with van der Waals surface area (Å²) < 4.78 is 7.58. The van der Waals surface area contributed by atoms with E-state index < -0.39 is 0 Å². The number of rotatable bonds is 7. The van der Waals surface area contributed by atoms with Gasteiger partial charge in [0.15, 0.2) is 5.82 Å². The van der Waals surface area contributed by atoms with Crippen molar-refractivity contribution in [2.24, 2.45) is 0 Å². The first kappa shape index (κ1) is 21.7. The second-order valence-electron chi connectivity index (χ2n) is 7.93. The molecule has 0 atom stereocenters. The summed E-state index contributed by atoms with van der Waals surface area (Å²) in [5.41, 5.74) is 2.68. The molecule has 4 aromatic carbocycles. The number of nitrogens with zero attached hydrogens (tertiary/aromatic N) is 2. The summed E-state index contributed by atoms with van der Waals surface area (Å²) in [6.07, 6.45) is 1.87. The topological polar surface area (TPSA) is 56.2 Å². The van der Waals surface area contributed by atoms with E-state index >= 15 is 0 Å². The Morgan fingerprint density at radius 2 is 1.71 bits per heavy atom. The Balaban J connectivity index is 1.20. The SMILES string of the molecule is O=C(Nc1ccn(Cc2cccc3ccccc23)n1)c1ccc(COc2cccc(Cl)c2)cc1. The Bertz CT molecular complexity index is 1440. The van der Waals surface area contributed by atoms with E-state index in [0.717, 1.165) is 5.56 Å².